The van der Waals surface area contributed by atoms with E-state index >= 15 is 0 Å². The number of ether oxygens (including phenoxy) is 2. The van der Waals surface area contributed by atoms with Gasteiger partial charge in [0.2, 0.25) is 0 Å². The normalized spacial score (nSPS) is 14.0. The van der Waals surface area contributed by atoms with Gasteiger partial charge in [0.15, 0.2) is 0 Å². The Hall–Kier alpha value is -0.970. The first-order valence-electron chi connectivity index (χ1n) is 5.43. The van der Waals surface area contributed by atoms with Crippen LogP contribution in [0.5, 0.6) is 0 Å². The van der Waals surface area contributed by atoms with E-state index in [-0.39, 0.29) is 0 Å². The van der Waals surface area contributed by atoms with Crippen LogP contribution >= 0.6 is 23.2 Å². The van der Waals surface area contributed by atoms with E-state index in [0.29, 0.717) is 22.0 Å². The number of nitrogens with two attached hydrogens (primary N) is 1. The highest BCUT2D eigenvalue weighted by Crippen LogP contribution is 2.32. The summed E-state index contributed by atoms with van der Waals surface area (Å²) < 4.78 is 10.4. The van der Waals surface area contributed by atoms with E-state index in [9.17, 15) is 4.79 Å². The van der Waals surface area contributed by atoms with E-state index in [1.165, 1.54) is 7.11 Å². The first-order chi connectivity index (χ1) is 8.49. The molecule has 0 saturated carbocycles. The molecular weight excluding hydrogens is 277 g/mol. The number of hydrogen-bond acceptors (Lipinski definition) is 3. The first kappa shape index (κ1) is 15.1. The average molecular weight is 292 g/mol. The Morgan fingerprint density at radius 1 is 1.44 bits per heavy atom. The van der Waals surface area contributed by atoms with Crippen molar-refractivity contribution in [1.29, 1.82) is 0 Å². The lowest BCUT2D eigenvalue weighted by molar-refractivity contribution is -0.0226. The van der Waals surface area contributed by atoms with Crippen LogP contribution in [0.2, 0.25) is 10.0 Å². The summed E-state index contributed by atoms with van der Waals surface area (Å²) in [6.45, 7) is 1.86. The summed E-state index contributed by atoms with van der Waals surface area (Å²) in [6, 6.07) is 5.05. The minimum absolute atomic E-state index is 0.459. The molecule has 0 aromatic heterocycles. The molecule has 0 heterocycles. The minimum atomic E-state index is -0.839. The molecule has 1 rings (SSSR count). The van der Waals surface area contributed by atoms with Crippen molar-refractivity contribution < 1.29 is 14.3 Å². The van der Waals surface area contributed by atoms with Crippen LogP contribution in [-0.4, -0.2) is 19.3 Å². The highest BCUT2D eigenvalue weighted by molar-refractivity contribution is 6.35. The summed E-state index contributed by atoms with van der Waals surface area (Å²) in [5.41, 5.74) is 5.74. The fraction of sp³-hybridized carbons (Fsp3) is 0.417. The van der Waals surface area contributed by atoms with Gasteiger partial charge >= 0.3 is 6.09 Å². The van der Waals surface area contributed by atoms with Crippen LogP contribution in [0.3, 0.4) is 0 Å². The molecule has 4 nitrogen and oxygen atoms in total. The summed E-state index contributed by atoms with van der Waals surface area (Å²) in [6.07, 6.45) is -1.26. The Balaban J connectivity index is 3.03. The highest BCUT2D eigenvalue weighted by atomic mass is 35.5. The van der Waals surface area contributed by atoms with Crippen LogP contribution in [0.4, 0.5) is 4.79 Å². The van der Waals surface area contributed by atoms with Crippen LogP contribution in [0.15, 0.2) is 18.2 Å². The Kier molecular flexibility index (Phi) is 5.72. The third-order valence-corrected chi connectivity index (χ3v) is 3.09. The molecule has 100 valence electrons. The first-order valence-corrected chi connectivity index (χ1v) is 6.19. The number of amides is 1. The fourth-order valence-corrected chi connectivity index (χ4v) is 2.24. The van der Waals surface area contributed by atoms with Crippen molar-refractivity contribution in [3.63, 3.8) is 0 Å². The monoisotopic (exact) mass is 291 g/mol. The zero-order chi connectivity index (χ0) is 13.7. The fourth-order valence-electron chi connectivity index (χ4n) is 1.72. The molecule has 0 fully saturated rings. The Bertz CT molecular complexity index is 426. The molecule has 0 aliphatic carbocycles. The van der Waals surface area contributed by atoms with E-state index in [4.69, 9.17) is 38.4 Å². The smallest absolute Gasteiger partial charge is 0.404 e. The van der Waals surface area contributed by atoms with Crippen molar-refractivity contribution in [3.8, 4) is 0 Å². The summed E-state index contributed by atoms with van der Waals surface area (Å²) in [5, 5.41) is 0.989. The number of carbonyl (C=O) groups is 1. The average Bonchev–Trinajstić information content (AvgIpc) is 2.30. The van der Waals surface area contributed by atoms with Gasteiger partial charge in [-0.2, -0.15) is 0 Å². The van der Waals surface area contributed by atoms with Gasteiger partial charge in [0.05, 0.1) is 0 Å². The molecule has 0 saturated heterocycles. The third-order valence-electron chi connectivity index (χ3n) is 2.53. The van der Waals surface area contributed by atoms with Gasteiger partial charge < -0.3 is 15.2 Å². The lowest BCUT2D eigenvalue weighted by Crippen LogP contribution is -2.29. The number of rotatable bonds is 5. The molecule has 2 atom stereocenters. The lowest BCUT2D eigenvalue weighted by atomic mass is 10.0. The molecule has 0 aliphatic rings. The molecule has 1 aromatic carbocycles. The molecule has 1 amide bonds. The summed E-state index contributed by atoms with van der Waals surface area (Å²) >= 11 is 11.9. The zero-order valence-corrected chi connectivity index (χ0v) is 11.7. The van der Waals surface area contributed by atoms with Gasteiger partial charge in [-0.3, -0.25) is 0 Å². The van der Waals surface area contributed by atoms with Gasteiger partial charge in [0.1, 0.15) is 12.2 Å². The van der Waals surface area contributed by atoms with Gasteiger partial charge in [-0.25, -0.2) is 4.79 Å². The quantitative estimate of drug-likeness (QED) is 0.902. The zero-order valence-electron chi connectivity index (χ0n) is 10.2. The van der Waals surface area contributed by atoms with Gasteiger partial charge in [-0.1, -0.05) is 36.2 Å². The lowest BCUT2D eigenvalue weighted by Gasteiger charge is -2.25. The molecule has 0 spiro atoms. The number of halogens is 2. The number of carbonyl (C=O) groups excluding carboxylic acids is 1. The summed E-state index contributed by atoms with van der Waals surface area (Å²) in [4.78, 5) is 10.8. The number of primary amides is 1. The predicted octanol–water partition coefficient (Wildman–Crippen LogP) is 3.55. The molecule has 2 N–H and O–H groups in total. The molecule has 0 aliphatic heterocycles. The van der Waals surface area contributed by atoms with Crippen LogP contribution in [-0.2, 0) is 9.47 Å². The predicted molar refractivity (Wildman–Crippen MR) is 71.0 cm³/mol. The van der Waals surface area contributed by atoms with E-state index in [1.54, 1.807) is 18.2 Å². The van der Waals surface area contributed by atoms with Crippen LogP contribution in [0, 0.1) is 0 Å². The standard InChI is InChI=1S/C12H15Cl2NO3/c1-3-10(18-12(15)16)11(17-2)8-5-4-7(13)6-9(8)14/h4-6,10-11H,3H2,1-2H3,(H2,15,16). The second kappa shape index (κ2) is 6.83. The van der Waals surface area contributed by atoms with Crippen molar-refractivity contribution in [3.05, 3.63) is 33.8 Å². The minimum Gasteiger partial charge on any atom is -0.443 e. The summed E-state index contributed by atoms with van der Waals surface area (Å²) in [5.74, 6) is 0. The SMILES string of the molecule is CCC(OC(N)=O)C(OC)c1ccc(Cl)cc1Cl. The number of hydrogen-bond donors (Lipinski definition) is 1. The highest BCUT2D eigenvalue weighted by Gasteiger charge is 2.26. The molecular formula is C12H15Cl2NO3. The van der Waals surface area contributed by atoms with Crippen LogP contribution in [0.1, 0.15) is 25.0 Å². The van der Waals surface area contributed by atoms with E-state index in [2.05, 4.69) is 0 Å². The molecule has 0 bridgehead atoms. The van der Waals surface area contributed by atoms with Crippen molar-refractivity contribution in [1.82, 2.24) is 0 Å². The van der Waals surface area contributed by atoms with Crippen molar-refractivity contribution >= 4 is 29.3 Å². The van der Waals surface area contributed by atoms with E-state index in [1.807, 2.05) is 6.92 Å². The molecule has 1 aromatic rings. The van der Waals surface area contributed by atoms with Crippen molar-refractivity contribution in [2.24, 2.45) is 5.73 Å². The van der Waals surface area contributed by atoms with Gasteiger partial charge in [0.25, 0.3) is 0 Å². The Morgan fingerprint density at radius 3 is 2.56 bits per heavy atom. The molecule has 18 heavy (non-hydrogen) atoms. The maximum Gasteiger partial charge on any atom is 0.404 e. The van der Waals surface area contributed by atoms with Gasteiger partial charge in [-0.15, -0.1) is 0 Å². The second-order valence-electron chi connectivity index (χ2n) is 3.71. The second-order valence-corrected chi connectivity index (χ2v) is 4.55. The Morgan fingerprint density at radius 2 is 2.11 bits per heavy atom. The number of benzene rings is 1. The maximum absolute atomic E-state index is 10.8. The largest absolute Gasteiger partial charge is 0.443 e. The third kappa shape index (κ3) is 3.77. The van der Waals surface area contributed by atoms with Crippen molar-refractivity contribution in [2.45, 2.75) is 25.6 Å². The van der Waals surface area contributed by atoms with Crippen LogP contribution < -0.4 is 5.73 Å². The topological polar surface area (TPSA) is 61.5 Å². The van der Waals surface area contributed by atoms with Crippen molar-refractivity contribution in [2.75, 3.05) is 7.11 Å². The molecule has 6 heteroatoms. The van der Waals surface area contributed by atoms with Gasteiger partial charge in [0, 0.05) is 22.7 Å². The Labute approximate surface area is 116 Å². The number of methoxy groups -OCH3 is 1. The summed E-state index contributed by atoms with van der Waals surface area (Å²) in [7, 11) is 1.52. The molecule has 2 unspecified atom stereocenters. The van der Waals surface area contributed by atoms with E-state index < -0.39 is 18.3 Å². The van der Waals surface area contributed by atoms with E-state index in [0.717, 1.165) is 0 Å². The van der Waals surface area contributed by atoms with Gasteiger partial charge in [-0.05, 0) is 18.6 Å². The maximum atomic E-state index is 10.8. The van der Waals surface area contributed by atoms with Crippen LogP contribution in [0.25, 0.3) is 0 Å². The molecule has 0 radical (unpaired) electrons.